The van der Waals surface area contributed by atoms with Crippen molar-refractivity contribution in [1.29, 1.82) is 0 Å². The minimum atomic E-state index is -0.00164. The van der Waals surface area contributed by atoms with Gasteiger partial charge < -0.3 is 20.1 Å². The Morgan fingerprint density at radius 3 is 2.50 bits per heavy atom. The fourth-order valence-corrected chi connectivity index (χ4v) is 3.58. The van der Waals surface area contributed by atoms with Gasteiger partial charge in [0.05, 0.1) is 25.9 Å². The average Bonchev–Trinajstić information content (AvgIpc) is 2.70. The second kappa shape index (κ2) is 8.06. The summed E-state index contributed by atoms with van der Waals surface area (Å²) in [5.41, 5.74) is 10.3. The summed E-state index contributed by atoms with van der Waals surface area (Å²) in [5.74, 6) is 1.96. The van der Waals surface area contributed by atoms with E-state index < -0.39 is 0 Å². The van der Waals surface area contributed by atoms with Gasteiger partial charge in [0.15, 0.2) is 0 Å². The molecule has 2 heterocycles. The number of amides is 1. The Bertz CT molecular complexity index is 1070. The third-order valence-electron chi connectivity index (χ3n) is 5.29. The minimum Gasteiger partial charge on any atom is -0.495 e. The van der Waals surface area contributed by atoms with Crippen molar-refractivity contribution in [3.05, 3.63) is 71.4 Å². The molecular weight excluding hydrogens is 378 g/mol. The number of hydrogen-bond donors (Lipinski definition) is 1. The predicted octanol–water partition coefficient (Wildman–Crippen LogP) is 3.86. The van der Waals surface area contributed by atoms with Crippen LogP contribution in [0.1, 0.15) is 21.6 Å². The van der Waals surface area contributed by atoms with E-state index in [-0.39, 0.29) is 12.0 Å². The number of rotatable bonds is 5. The summed E-state index contributed by atoms with van der Waals surface area (Å²) >= 11 is 0. The number of anilines is 1. The van der Waals surface area contributed by atoms with Gasteiger partial charge in [-0.15, -0.1) is 0 Å². The van der Waals surface area contributed by atoms with E-state index in [9.17, 15) is 4.79 Å². The summed E-state index contributed by atoms with van der Waals surface area (Å²) in [5, 5.41) is 0. The molecule has 154 valence electrons. The minimum absolute atomic E-state index is 0.00164. The Morgan fingerprint density at radius 1 is 1.10 bits per heavy atom. The summed E-state index contributed by atoms with van der Waals surface area (Å²) in [4.78, 5) is 18.9. The highest BCUT2D eigenvalue weighted by Gasteiger charge is 2.32. The number of nitrogens with two attached hydrogens (primary N) is 1. The fraction of sp³-hybridized carbons (Fsp3) is 0.250. The van der Waals surface area contributed by atoms with Crippen LogP contribution in [0.2, 0.25) is 0 Å². The molecule has 0 atom stereocenters. The van der Waals surface area contributed by atoms with Gasteiger partial charge in [-0.3, -0.25) is 4.79 Å². The maximum absolute atomic E-state index is 12.8. The van der Waals surface area contributed by atoms with Crippen LogP contribution < -0.4 is 15.2 Å². The molecule has 0 spiro atoms. The number of carbonyl (C=O) groups is 1. The van der Waals surface area contributed by atoms with Crippen LogP contribution in [0.3, 0.4) is 0 Å². The zero-order valence-corrected chi connectivity index (χ0v) is 17.4. The molecule has 1 aromatic heterocycles. The molecule has 1 saturated heterocycles. The Hall–Kier alpha value is -3.54. The largest absolute Gasteiger partial charge is 0.495 e. The van der Waals surface area contributed by atoms with Crippen molar-refractivity contribution in [2.75, 3.05) is 25.9 Å². The van der Waals surface area contributed by atoms with E-state index in [2.05, 4.69) is 4.98 Å². The summed E-state index contributed by atoms with van der Waals surface area (Å²) in [6.45, 7) is 5.05. The first kappa shape index (κ1) is 19.8. The van der Waals surface area contributed by atoms with Crippen LogP contribution >= 0.6 is 0 Å². The number of aryl methyl sites for hydroxylation is 2. The second-order valence-corrected chi connectivity index (χ2v) is 7.55. The molecule has 0 aliphatic carbocycles. The quantitative estimate of drug-likeness (QED) is 0.700. The number of nitrogen functional groups attached to an aromatic ring is 1. The van der Waals surface area contributed by atoms with Gasteiger partial charge >= 0.3 is 0 Å². The lowest BCUT2D eigenvalue weighted by atomic mass is 10.0. The SMILES string of the molecule is COc1cc(-c2ccc(C(=O)N3CC(Oc4cccc(C)c4)C3)cc2)c(N)nc1C. The normalized spacial score (nSPS) is 13.6. The molecule has 6 heteroatoms. The number of benzene rings is 2. The Labute approximate surface area is 176 Å². The van der Waals surface area contributed by atoms with Crippen LogP contribution in [-0.4, -0.2) is 42.1 Å². The van der Waals surface area contributed by atoms with Gasteiger partial charge in [0.25, 0.3) is 5.91 Å². The molecule has 2 N–H and O–H groups in total. The van der Waals surface area contributed by atoms with Gasteiger partial charge in [-0.25, -0.2) is 4.98 Å². The third kappa shape index (κ3) is 3.94. The van der Waals surface area contributed by atoms with Crippen molar-refractivity contribution in [2.24, 2.45) is 0 Å². The first-order chi connectivity index (χ1) is 14.4. The molecule has 0 radical (unpaired) electrons. The van der Waals surface area contributed by atoms with Crippen LogP contribution in [0.25, 0.3) is 11.1 Å². The van der Waals surface area contributed by atoms with Gasteiger partial charge in [0.2, 0.25) is 0 Å². The molecule has 0 saturated carbocycles. The van der Waals surface area contributed by atoms with Crippen LogP contribution in [0.15, 0.2) is 54.6 Å². The van der Waals surface area contributed by atoms with Crippen molar-refractivity contribution in [3.8, 4) is 22.6 Å². The first-order valence-electron chi connectivity index (χ1n) is 9.88. The van der Waals surface area contributed by atoms with E-state index in [1.807, 2.05) is 68.4 Å². The van der Waals surface area contributed by atoms with E-state index >= 15 is 0 Å². The van der Waals surface area contributed by atoms with E-state index in [4.69, 9.17) is 15.2 Å². The highest BCUT2D eigenvalue weighted by molar-refractivity contribution is 5.95. The Morgan fingerprint density at radius 2 is 1.83 bits per heavy atom. The number of pyridine rings is 1. The van der Waals surface area contributed by atoms with Crippen molar-refractivity contribution >= 4 is 11.7 Å². The number of hydrogen-bond acceptors (Lipinski definition) is 5. The maximum Gasteiger partial charge on any atom is 0.254 e. The lowest BCUT2D eigenvalue weighted by molar-refractivity contribution is 0.0178. The zero-order valence-electron chi connectivity index (χ0n) is 17.4. The van der Waals surface area contributed by atoms with Crippen molar-refractivity contribution in [2.45, 2.75) is 20.0 Å². The summed E-state index contributed by atoms with van der Waals surface area (Å²) in [6.07, 6.45) is 0.0286. The molecule has 1 aliphatic heterocycles. The summed E-state index contributed by atoms with van der Waals surface area (Å²) in [7, 11) is 1.61. The van der Waals surface area contributed by atoms with Gasteiger partial charge in [-0.1, -0.05) is 24.3 Å². The van der Waals surface area contributed by atoms with Crippen molar-refractivity contribution in [3.63, 3.8) is 0 Å². The highest BCUT2D eigenvalue weighted by atomic mass is 16.5. The van der Waals surface area contributed by atoms with Gasteiger partial charge in [-0.05, 0) is 55.3 Å². The molecule has 6 nitrogen and oxygen atoms in total. The van der Waals surface area contributed by atoms with Crippen molar-refractivity contribution in [1.82, 2.24) is 9.88 Å². The molecular formula is C24H25N3O3. The molecule has 4 rings (SSSR count). The standard InChI is InChI=1S/C24H25N3O3/c1-15-5-4-6-19(11-15)30-20-13-27(14-20)24(28)18-9-7-17(8-10-18)21-12-22(29-3)16(2)26-23(21)25/h4-12,20H,13-14H2,1-3H3,(H2,25,26). The number of carbonyl (C=O) groups excluding carboxylic acids is 1. The molecule has 1 amide bonds. The van der Waals surface area contributed by atoms with Crippen LogP contribution in [0, 0.1) is 13.8 Å². The van der Waals surface area contributed by atoms with E-state index in [1.165, 1.54) is 0 Å². The van der Waals surface area contributed by atoms with E-state index in [0.29, 0.717) is 30.2 Å². The molecule has 1 aliphatic rings. The lowest BCUT2D eigenvalue weighted by Crippen LogP contribution is -2.56. The average molecular weight is 403 g/mol. The first-order valence-corrected chi connectivity index (χ1v) is 9.88. The van der Waals surface area contributed by atoms with E-state index in [0.717, 1.165) is 28.1 Å². The van der Waals surface area contributed by atoms with Crippen LogP contribution in [0.4, 0.5) is 5.82 Å². The molecule has 2 aromatic carbocycles. The molecule has 3 aromatic rings. The fourth-order valence-electron chi connectivity index (χ4n) is 3.58. The Kier molecular flexibility index (Phi) is 5.31. The third-order valence-corrected chi connectivity index (χ3v) is 5.29. The van der Waals surface area contributed by atoms with Gasteiger partial charge in [-0.2, -0.15) is 0 Å². The van der Waals surface area contributed by atoms with Gasteiger partial charge in [0, 0.05) is 11.1 Å². The predicted molar refractivity (Wildman–Crippen MR) is 117 cm³/mol. The topological polar surface area (TPSA) is 77.7 Å². The monoisotopic (exact) mass is 403 g/mol. The van der Waals surface area contributed by atoms with Gasteiger partial charge in [0.1, 0.15) is 23.4 Å². The Balaban J connectivity index is 1.41. The number of methoxy groups -OCH3 is 1. The van der Waals surface area contributed by atoms with Crippen LogP contribution in [0.5, 0.6) is 11.5 Å². The van der Waals surface area contributed by atoms with Crippen LogP contribution in [-0.2, 0) is 0 Å². The van der Waals surface area contributed by atoms with E-state index in [1.54, 1.807) is 12.0 Å². The number of ether oxygens (including phenoxy) is 2. The van der Waals surface area contributed by atoms with Crippen molar-refractivity contribution < 1.29 is 14.3 Å². The smallest absolute Gasteiger partial charge is 0.254 e. The molecule has 0 unspecified atom stereocenters. The molecule has 30 heavy (non-hydrogen) atoms. The molecule has 1 fully saturated rings. The lowest BCUT2D eigenvalue weighted by Gasteiger charge is -2.39. The number of likely N-dealkylation sites (tertiary alicyclic amines) is 1. The zero-order chi connectivity index (χ0) is 21.3. The summed E-state index contributed by atoms with van der Waals surface area (Å²) < 4.78 is 11.3. The number of nitrogens with zero attached hydrogens (tertiary/aromatic N) is 2. The maximum atomic E-state index is 12.8. The molecule has 0 bridgehead atoms. The number of aromatic nitrogens is 1. The summed E-state index contributed by atoms with van der Waals surface area (Å²) in [6, 6.07) is 17.2. The second-order valence-electron chi connectivity index (χ2n) is 7.55. The highest BCUT2D eigenvalue weighted by Crippen LogP contribution is 2.30.